The molecule has 0 amide bonds. The first-order valence-electron chi connectivity index (χ1n) is 5.20. The quantitative estimate of drug-likeness (QED) is 0.762. The van der Waals surface area contributed by atoms with Gasteiger partial charge in [0.1, 0.15) is 11.9 Å². The molecular weight excluding hydrogens is 251 g/mol. The Bertz CT molecular complexity index is 410. The van der Waals surface area contributed by atoms with Gasteiger partial charge in [-0.25, -0.2) is 14.8 Å². The normalized spacial score (nSPS) is 11.5. The summed E-state index contributed by atoms with van der Waals surface area (Å²) in [6, 6.07) is 0. The first-order chi connectivity index (χ1) is 8.40. The Morgan fingerprint density at radius 1 is 1.44 bits per heavy atom. The number of aromatic carboxylic acids is 1. The number of halogens is 3. The van der Waals surface area contributed by atoms with E-state index in [-0.39, 0.29) is 30.8 Å². The predicted molar refractivity (Wildman–Crippen MR) is 56.0 cm³/mol. The second kappa shape index (κ2) is 6.29. The van der Waals surface area contributed by atoms with Gasteiger partial charge in [-0.05, 0) is 13.0 Å². The maximum Gasteiger partial charge on any atom is 0.389 e. The summed E-state index contributed by atoms with van der Waals surface area (Å²) >= 11 is 0. The third kappa shape index (κ3) is 5.09. The van der Waals surface area contributed by atoms with E-state index >= 15 is 0 Å². The first kappa shape index (κ1) is 14.4. The molecule has 0 aliphatic heterocycles. The first-order valence-corrected chi connectivity index (χ1v) is 5.20. The van der Waals surface area contributed by atoms with Crippen LogP contribution in [0.25, 0.3) is 0 Å². The van der Waals surface area contributed by atoms with E-state index in [9.17, 15) is 18.0 Å². The Morgan fingerprint density at radius 2 is 2.17 bits per heavy atom. The highest BCUT2D eigenvalue weighted by Gasteiger charge is 2.25. The summed E-state index contributed by atoms with van der Waals surface area (Å²) in [5.74, 6) is -1.16. The summed E-state index contributed by atoms with van der Waals surface area (Å²) in [6.45, 7) is 0.241. The van der Waals surface area contributed by atoms with Crippen LogP contribution in [0.1, 0.15) is 28.9 Å². The van der Waals surface area contributed by atoms with Crippen molar-refractivity contribution in [2.75, 3.05) is 6.54 Å². The van der Waals surface area contributed by atoms with Crippen LogP contribution in [0.3, 0.4) is 0 Å². The molecule has 0 radical (unpaired) electrons. The van der Waals surface area contributed by atoms with E-state index in [2.05, 4.69) is 15.3 Å². The number of aromatic nitrogens is 2. The van der Waals surface area contributed by atoms with Crippen molar-refractivity contribution in [2.24, 2.45) is 0 Å². The minimum atomic E-state index is -4.16. The van der Waals surface area contributed by atoms with Crippen molar-refractivity contribution in [3.63, 3.8) is 0 Å². The molecule has 8 heteroatoms. The van der Waals surface area contributed by atoms with Gasteiger partial charge in [0.25, 0.3) is 0 Å². The second-order valence-electron chi connectivity index (χ2n) is 3.58. The van der Waals surface area contributed by atoms with E-state index < -0.39 is 18.6 Å². The van der Waals surface area contributed by atoms with E-state index in [0.29, 0.717) is 0 Å². The Balaban J connectivity index is 2.38. The maximum absolute atomic E-state index is 11.8. The lowest BCUT2D eigenvalue weighted by molar-refractivity contribution is -0.135. The highest BCUT2D eigenvalue weighted by molar-refractivity contribution is 5.88. The zero-order valence-corrected chi connectivity index (χ0v) is 9.37. The highest BCUT2D eigenvalue weighted by atomic mass is 19.4. The minimum absolute atomic E-state index is 0.0548. The molecule has 0 aromatic carbocycles. The Hall–Kier alpha value is -1.70. The lowest BCUT2D eigenvalue weighted by Gasteiger charge is -2.08. The van der Waals surface area contributed by atoms with Crippen LogP contribution in [0.4, 0.5) is 13.2 Å². The standard InChI is InChI=1S/C10H12F3N3O2/c11-10(12,13)2-1-3-14-5-8-7(9(17)18)4-15-6-16-8/h4,6,14H,1-3,5H2,(H,17,18). The molecule has 1 aromatic rings. The molecular formula is C10H12F3N3O2. The summed E-state index contributed by atoms with van der Waals surface area (Å²) in [4.78, 5) is 18.1. The van der Waals surface area contributed by atoms with E-state index in [4.69, 9.17) is 5.11 Å². The van der Waals surface area contributed by atoms with E-state index in [1.165, 1.54) is 6.33 Å². The maximum atomic E-state index is 11.8. The van der Waals surface area contributed by atoms with Gasteiger partial charge < -0.3 is 10.4 Å². The number of hydrogen-bond donors (Lipinski definition) is 2. The number of nitrogens with one attached hydrogen (secondary N) is 1. The zero-order chi connectivity index (χ0) is 13.6. The summed E-state index contributed by atoms with van der Waals surface area (Å²) in [6.07, 6.45) is -2.74. The molecule has 0 aliphatic rings. The summed E-state index contributed by atoms with van der Waals surface area (Å²) in [5.41, 5.74) is 0.199. The molecule has 5 nitrogen and oxygen atoms in total. The van der Waals surface area contributed by atoms with Gasteiger partial charge in [-0.2, -0.15) is 13.2 Å². The number of carbonyl (C=O) groups is 1. The molecule has 100 valence electrons. The van der Waals surface area contributed by atoms with Gasteiger partial charge in [-0.15, -0.1) is 0 Å². The molecule has 0 saturated heterocycles. The van der Waals surface area contributed by atoms with Crippen molar-refractivity contribution < 1.29 is 23.1 Å². The van der Waals surface area contributed by atoms with Gasteiger partial charge in [0.2, 0.25) is 0 Å². The van der Waals surface area contributed by atoms with Gasteiger partial charge >= 0.3 is 12.1 Å². The van der Waals surface area contributed by atoms with Crippen LogP contribution in [-0.4, -0.2) is 33.8 Å². The van der Waals surface area contributed by atoms with Gasteiger partial charge in [-0.3, -0.25) is 0 Å². The molecule has 0 bridgehead atoms. The van der Waals surface area contributed by atoms with Crippen molar-refractivity contribution in [3.05, 3.63) is 23.8 Å². The van der Waals surface area contributed by atoms with Crippen LogP contribution in [0.15, 0.2) is 12.5 Å². The van der Waals surface area contributed by atoms with Crippen LogP contribution in [0.2, 0.25) is 0 Å². The number of carboxylic acid groups (broad SMARTS) is 1. The fraction of sp³-hybridized carbons (Fsp3) is 0.500. The molecule has 2 N–H and O–H groups in total. The average molecular weight is 263 g/mol. The molecule has 1 aromatic heterocycles. The molecule has 1 heterocycles. The molecule has 0 fully saturated rings. The fourth-order valence-corrected chi connectivity index (χ4v) is 1.30. The Kier molecular flexibility index (Phi) is 5.02. The lowest BCUT2D eigenvalue weighted by Crippen LogP contribution is -2.20. The average Bonchev–Trinajstić information content (AvgIpc) is 2.27. The van der Waals surface area contributed by atoms with Crippen molar-refractivity contribution in [3.8, 4) is 0 Å². The van der Waals surface area contributed by atoms with Crippen molar-refractivity contribution in [1.82, 2.24) is 15.3 Å². The Labute approximate surface area is 101 Å². The number of nitrogens with zero attached hydrogens (tertiary/aromatic N) is 2. The van der Waals surface area contributed by atoms with Crippen molar-refractivity contribution in [2.45, 2.75) is 25.6 Å². The van der Waals surface area contributed by atoms with Crippen LogP contribution < -0.4 is 5.32 Å². The number of alkyl halides is 3. The molecule has 18 heavy (non-hydrogen) atoms. The molecule has 1 rings (SSSR count). The van der Waals surface area contributed by atoms with Gasteiger partial charge in [0.15, 0.2) is 0 Å². The summed E-state index contributed by atoms with van der Waals surface area (Å²) < 4.78 is 35.5. The van der Waals surface area contributed by atoms with E-state index in [1.54, 1.807) is 0 Å². The largest absolute Gasteiger partial charge is 0.478 e. The van der Waals surface area contributed by atoms with Crippen molar-refractivity contribution >= 4 is 5.97 Å². The van der Waals surface area contributed by atoms with Crippen LogP contribution in [0, 0.1) is 0 Å². The van der Waals surface area contributed by atoms with E-state index in [1.807, 2.05) is 0 Å². The van der Waals surface area contributed by atoms with E-state index in [0.717, 1.165) is 6.20 Å². The lowest BCUT2D eigenvalue weighted by atomic mass is 10.2. The SMILES string of the molecule is O=C(O)c1cncnc1CNCCCC(F)(F)F. The predicted octanol–water partition coefficient (Wildman–Crippen LogP) is 1.61. The molecule has 0 unspecified atom stereocenters. The van der Waals surface area contributed by atoms with Crippen LogP contribution in [0.5, 0.6) is 0 Å². The summed E-state index contributed by atoms with van der Waals surface area (Å²) in [7, 11) is 0. The summed E-state index contributed by atoms with van der Waals surface area (Å²) in [5, 5.41) is 11.5. The Morgan fingerprint density at radius 3 is 2.78 bits per heavy atom. The third-order valence-corrected chi connectivity index (χ3v) is 2.13. The topological polar surface area (TPSA) is 75.1 Å². The fourth-order valence-electron chi connectivity index (χ4n) is 1.30. The number of carboxylic acids is 1. The number of hydrogen-bond acceptors (Lipinski definition) is 4. The monoisotopic (exact) mass is 263 g/mol. The van der Waals surface area contributed by atoms with Crippen LogP contribution in [-0.2, 0) is 6.54 Å². The van der Waals surface area contributed by atoms with Gasteiger partial charge in [0.05, 0.1) is 5.69 Å². The zero-order valence-electron chi connectivity index (χ0n) is 9.37. The highest BCUT2D eigenvalue weighted by Crippen LogP contribution is 2.20. The molecule has 0 saturated carbocycles. The van der Waals surface area contributed by atoms with Crippen LogP contribution >= 0.6 is 0 Å². The third-order valence-electron chi connectivity index (χ3n) is 2.13. The molecule has 0 spiro atoms. The second-order valence-corrected chi connectivity index (χ2v) is 3.58. The number of rotatable bonds is 6. The van der Waals surface area contributed by atoms with Gasteiger partial charge in [0, 0.05) is 19.2 Å². The molecule has 0 aliphatic carbocycles. The minimum Gasteiger partial charge on any atom is -0.478 e. The smallest absolute Gasteiger partial charge is 0.389 e. The van der Waals surface area contributed by atoms with Crippen molar-refractivity contribution in [1.29, 1.82) is 0 Å². The molecule has 0 atom stereocenters. The van der Waals surface area contributed by atoms with Gasteiger partial charge in [-0.1, -0.05) is 0 Å².